The summed E-state index contributed by atoms with van der Waals surface area (Å²) < 4.78 is 21.3. The molecular formula is C21H21NO8. The third-order valence-electron chi connectivity index (χ3n) is 4.09. The summed E-state index contributed by atoms with van der Waals surface area (Å²) in [5, 5.41) is 20.2. The van der Waals surface area contributed by atoms with Gasteiger partial charge in [0, 0.05) is 24.3 Å². The standard InChI is InChI=1S/C21H21NO8/c23-10-11-27-16-7-4-14(5-8-16)17(2-1-3-20(24)25)30-21(26)22-15-6-9-18-19(12-15)29-13-28-18/h1,3-9,12,17,23H,2,10-11,13H2,(H,22,26)(H,24,25)/b3-1+/t17-/m0/s1. The lowest BCUT2D eigenvalue weighted by atomic mass is 10.1. The summed E-state index contributed by atoms with van der Waals surface area (Å²) in [5.74, 6) is 0.574. The van der Waals surface area contributed by atoms with Gasteiger partial charge < -0.3 is 29.2 Å². The molecule has 0 aromatic heterocycles. The number of carboxylic acids is 1. The molecule has 0 unspecified atom stereocenters. The van der Waals surface area contributed by atoms with Crippen molar-refractivity contribution in [3.8, 4) is 17.2 Å². The molecule has 3 rings (SSSR count). The summed E-state index contributed by atoms with van der Waals surface area (Å²) >= 11 is 0. The number of carboxylic acid groups (broad SMARTS) is 1. The number of carbonyl (C=O) groups excluding carboxylic acids is 1. The summed E-state index contributed by atoms with van der Waals surface area (Å²) in [7, 11) is 0. The topological polar surface area (TPSA) is 124 Å². The second-order valence-corrected chi connectivity index (χ2v) is 6.20. The Bertz CT molecular complexity index is 910. The van der Waals surface area contributed by atoms with E-state index >= 15 is 0 Å². The van der Waals surface area contributed by atoms with Gasteiger partial charge in [0.25, 0.3) is 0 Å². The van der Waals surface area contributed by atoms with Crippen LogP contribution < -0.4 is 19.5 Å². The number of amides is 1. The van der Waals surface area contributed by atoms with Crippen molar-refractivity contribution in [3.63, 3.8) is 0 Å². The van der Waals surface area contributed by atoms with Crippen molar-refractivity contribution in [2.75, 3.05) is 25.3 Å². The van der Waals surface area contributed by atoms with Crippen molar-refractivity contribution in [1.82, 2.24) is 0 Å². The summed E-state index contributed by atoms with van der Waals surface area (Å²) in [6.45, 7) is 0.186. The number of hydrogen-bond donors (Lipinski definition) is 3. The fraction of sp³-hybridized carbons (Fsp3) is 0.238. The molecule has 0 spiro atoms. The van der Waals surface area contributed by atoms with Crippen LogP contribution in [-0.2, 0) is 9.53 Å². The minimum absolute atomic E-state index is 0.104. The highest BCUT2D eigenvalue weighted by molar-refractivity contribution is 5.85. The first-order chi connectivity index (χ1) is 14.5. The zero-order valence-electron chi connectivity index (χ0n) is 15.9. The number of ether oxygens (including phenoxy) is 4. The van der Waals surface area contributed by atoms with E-state index in [1.807, 2.05) is 0 Å². The number of fused-ring (bicyclic) bond motifs is 1. The minimum Gasteiger partial charge on any atom is -0.491 e. The predicted molar refractivity (Wildman–Crippen MR) is 106 cm³/mol. The molecule has 1 amide bonds. The van der Waals surface area contributed by atoms with Gasteiger partial charge in [-0.1, -0.05) is 18.2 Å². The molecule has 2 aromatic rings. The number of aliphatic hydroxyl groups is 1. The Labute approximate surface area is 172 Å². The molecular weight excluding hydrogens is 394 g/mol. The van der Waals surface area contributed by atoms with Gasteiger partial charge in [0.05, 0.1) is 6.61 Å². The molecule has 3 N–H and O–H groups in total. The van der Waals surface area contributed by atoms with Crippen LogP contribution in [0.4, 0.5) is 10.5 Å². The Kier molecular flexibility index (Phi) is 7.12. The summed E-state index contributed by atoms with van der Waals surface area (Å²) in [6.07, 6.45) is 1.14. The molecule has 9 nitrogen and oxygen atoms in total. The number of hydrogen-bond acceptors (Lipinski definition) is 7. The normalized spacial score (nSPS) is 13.1. The van der Waals surface area contributed by atoms with Crippen LogP contribution in [-0.4, -0.2) is 42.3 Å². The predicted octanol–water partition coefficient (Wildman–Crippen LogP) is 3.11. The smallest absolute Gasteiger partial charge is 0.412 e. The molecule has 1 aliphatic rings. The van der Waals surface area contributed by atoms with Gasteiger partial charge >= 0.3 is 12.1 Å². The third kappa shape index (κ3) is 5.89. The van der Waals surface area contributed by atoms with Crippen molar-refractivity contribution in [2.45, 2.75) is 12.5 Å². The van der Waals surface area contributed by atoms with E-state index in [0.29, 0.717) is 28.5 Å². The van der Waals surface area contributed by atoms with Crippen LogP contribution in [0.1, 0.15) is 18.1 Å². The van der Waals surface area contributed by atoms with E-state index in [1.165, 1.54) is 6.08 Å². The quantitative estimate of drug-likeness (QED) is 0.534. The summed E-state index contributed by atoms with van der Waals surface area (Å²) in [4.78, 5) is 23.2. The van der Waals surface area contributed by atoms with Crippen LogP contribution in [0.25, 0.3) is 0 Å². The fourth-order valence-electron chi connectivity index (χ4n) is 2.74. The van der Waals surface area contributed by atoms with Crippen molar-refractivity contribution >= 4 is 17.7 Å². The maximum absolute atomic E-state index is 12.4. The van der Waals surface area contributed by atoms with Crippen LogP contribution in [0.15, 0.2) is 54.6 Å². The van der Waals surface area contributed by atoms with Gasteiger partial charge in [-0.25, -0.2) is 9.59 Å². The Morgan fingerprint density at radius 1 is 1.13 bits per heavy atom. The second kappa shape index (κ2) is 10.2. The number of benzene rings is 2. The SMILES string of the molecule is O=C(O)/C=C/C[C@H](OC(=O)Nc1ccc2c(c1)OCO2)c1ccc(OCCO)cc1. The van der Waals surface area contributed by atoms with Gasteiger partial charge in [-0.3, -0.25) is 5.32 Å². The van der Waals surface area contributed by atoms with Crippen LogP contribution in [0, 0.1) is 0 Å². The van der Waals surface area contributed by atoms with Gasteiger partial charge in [0.2, 0.25) is 6.79 Å². The van der Waals surface area contributed by atoms with Crippen LogP contribution in [0.2, 0.25) is 0 Å². The van der Waals surface area contributed by atoms with E-state index in [9.17, 15) is 9.59 Å². The molecule has 9 heteroatoms. The average molecular weight is 415 g/mol. The maximum atomic E-state index is 12.4. The summed E-state index contributed by atoms with van der Waals surface area (Å²) in [6, 6.07) is 11.7. The average Bonchev–Trinajstić information content (AvgIpc) is 3.19. The Balaban J connectivity index is 1.68. The number of carbonyl (C=O) groups is 2. The molecule has 0 fully saturated rings. The highest BCUT2D eigenvalue weighted by Gasteiger charge is 2.18. The van der Waals surface area contributed by atoms with Crippen molar-refractivity contribution < 1.29 is 38.7 Å². The molecule has 1 aliphatic heterocycles. The first-order valence-corrected chi connectivity index (χ1v) is 9.15. The van der Waals surface area contributed by atoms with Gasteiger partial charge in [0.1, 0.15) is 18.5 Å². The van der Waals surface area contributed by atoms with Crippen LogP contribution >= 0.6 is 0 Å². The molecule has 0 saturated heterocycles. The van der Waals surface area contributed by atoms with Crippen molar-refractivity contribution in [2.24, 2.45) is 0 Å². The lowest BCUT2D eigenvalue weighted by Crippen LogP contribution is -2.17. The molecule has 0 radical (unpaired) electrons. The number of anilines is 1. The van der Waals surface area contributed by atoms with Crippen LogP contribution in [0.5, 0.6) is 17.2 Å². The van der Waals surface area contributed by atoms with Gasteiger partial charge in [-0.05, 0) is 29.8 Å². The monoisotopic (exact) mass is 415 g/mol. The van der Waals surface area contributed by atoms with E-state index in [1.54, 1.807) is 42.5 Å². The first-order valence-electron chi connectivity index (χ1n) is 9.15. The fourth-order valence-corrected chi connectivity index (χ4v) is 2.74. The third-order valence-corrected chi connectivity index (χ3v) is 4.09. The molecule has 0 saturated carbocycles. The van der Waals surface area contributed by atoms with Gasteiger partial charge in [0.15, 0.2) is 11.5 Å². The highest BCUT2D eigenvalue weighted by Crippen LogP contribution is 2.34. The molecule has 158 valence electrons. The number of nitrogens with one attached hydrogen (secondary N) is 1. The van der Waals surface area contributed by atoms with E-state index in [2.05, 4.69) is 5.32 Å². The minimum atomic E-state index is -1.09. The number of aliphatic hydroxyl groups excluding tert-OH is 1. The number of aliphatic carboxylic acids is 1. The lowest BCUT2D eigenvalue weighted by molar-refractivity contribution is -0.131. The first kappa shape index (κ1) is 21.0. The zero-order valence-corrected chi connectivity index (χ0v) is 15.9. The summed E-state index contributed by atoms with van der Waals surface area (Å²) in [5.41, 5.74) is 1.12. The molecule has 30 heavy (non-hydrogen) atoms. The molecule has 1 heterocycles. The van der Waals surface area contributed by atoms with Gasteiger partial charge in [-0.15, -0.1) is 0 Å². The van der Waals surface area contributed by atoms with Crippen LogP contribution in [0.3, 0.4) is 0 Å². The molecule has 2 aromatic carbocycles. The number of rotatable bonds is 9. The molecule has 1 atom stereocenters. The Morgan fingerprint density at radius 3 is 2.63 bits per heavy atom. The molecule has 0 aliphatic carbocycles. The van der Waals surface area contributed by atoms with E-state index < -0.39 is 18.2 Å². The molecule has 0 bridgehead atoms. The second-order valence-electron chi connectivity index (χ2n) is 6.20. The Morgan fingerprint density at radius 2 is 1.90 bits per heavy atom. The van der Waals surface area contributed by atoms with E-state index in [4.69, 9.17) is 29.2 Å². The van der Waals surface area contributed by atoms with E-state index in [-0.39, 0.29) is 26.4 Å². The van der Waals surface area contributed by atoms with Gasteiger partial charge in [-0.2, -0.15) is 0 Å². The lowest BCUT2D eigenvalue weighted by Gasteiger charge is -2.18. The van der Waals surface area contributed by atoms with E-state index in [0.717, 1.165) is 6.08 Å². The van der Waals surface area contributed by atoms with Crippen molar-refractivity contribution in [3.05, 3.63) is 60.2 Å². The maximum Gasteiger partial charge on any atom is 0.412 e. The Hall–Kier alpha value is -3.72. The highest BCUT2D eigenvalue weighted by atomic mass is 16.7. The largest absolute Gasteiger partial charge is 0.491 e. The zero-order chi connectivity index (χ0) is 21.3. The van der Waals surface area contributed by atoms with Crippen molar-refractivity contribution in [1.29, 1.82) is 0 Å².